The molecule has 0 radical (unpaired) electrons. The Morgan fingerprint density at radius 1 is 1.57 bits per heavy atom. The van der Waals surface area contributed by atoms with Gasteiger partial charge in [0.1, 0.15) is 6.17 Å². The lowest BCUT2D eigenvalue weighted by molar-refractivity contribution is 0.298. The zero-order valence-electron chi connectivity index (χ0n) is 4.45. The highest BCUT2D eigenvalue weighted by atomic mass is 19.1. The number of alkyl halides is 1. The molecule has 1 aliphatic rings. The summed E-state index contributed by atoms with van der Waals surface area (Å²) in [5.41, 5.74) is 0. The molecule has 2 atom stereocenters. The van der Waals surface area contributed by atoms with Gasteiger partial charge in [-0.15, -0.1) is 0 Å². The summed E-state index contributed by atoms with van der Waals surface area (Å²) in [5.74, 6) is 0.236. The van der Waals surface area contributed by atoms with E-state index in [1.807, 2.05) is 6.92 Å². The summed E-state index contributed by atoms with van der Waals surface area (Å²) in [5, 5.41) is 2.95. The molecule has 1 N–H and O–H groups in total. The SMILES string of the molecule is CC1CNC[C@H]1F. The maximum Gasteiger partial charge on any atom is 0.116 e. The highest BCUT2D eigenvalue weighted by molar-refractivity contribution is 4.76. The van der Waals surface area contributed by atoms with Crippen LogP contribution >= 0.6 is 0 Å². The fourth-order valence-corrected chi connectivity index (χ4v) is 0.778. The molecule has 0 spiro atoms. The van der Waals surface area contributed by atoms with E-state index in [1.165, 1.54) is 0 Å². The Labute approximate surface area is 42.9 Å². The van der Waals surface area contributed by atoms with E-state index < -0.39 is 6.17 Å². The molecule has 0 bridgehead atoms. The standard InChI is InChI=1S/C5H10FN/c1-4-2-7-3-5(4)6/h4-5,7H,2-3H2,1H3/t4?,5-/m1/s1. The van der Waals surface area contributed by atoms with Crippen LogP contribution < -0.4 is 5.32 Å². The van der Waals surface area contributed by atoms with Crippen molar-refractivity contribution >= 4 is 0 Å². The van der Waals surface area contributed by atoms with Gasteiger partial charge in [-0.1, -0.05) is 6.92 Å². The number of hydrogen-bond donors (Lipinski definition) is 1. The lowest BCUT2D eigenvalue weighted by Crippen LogP contribution is -2.08. The molecule has 1 aliphatic heterocycles. The molecular formula is C5H10FN. The fourth-order valence-electron chi connectivity index (χ4n) is 0.778. The predicted octanol–water partition coefficient (Wildman–Crippen LogP) is 0.564. The summed E-state index contributed by atoms with van der Waals surface area (Å²) in [4.78, 5) is 0. The van der Waals surface area contributed by atoms with Crippen LogP contribution in [-0.2, 0) is 0 Å². The van der Waals surface area contributed by atoms with Crippen LogP contribution in [0.4, 0.5) is 4.39 Å². The van der Waals surface area contributed by atoms with Crippen molar-refractivity contribution in [2.45, 2.75) is 13.1 Å². The molecule has 1 rings (SSSR count). The molecule has 0 aromatic carbocycles. The summed E-state index contributed by atoms with van der Waals surface area (Å²) >= 11 is 0. The minimum Gasteiger partial charge on any atom is -0.313 e. The maximum absolute atomic E-state index is 12.3. The van der Waals surface area contributed by atoms with Gasteiger partial charge in [0.25, 0.3) is 0 Å². The minimum absolute atomic E-state index is 0.236. The van der Waals surface area contributed by atoms with Gasteiger partial charge in [0.15, 0.2) is 0 Å². The van der Waals surface area contributed by atoms with E-state index in [1.54, 1.807) is 0 Å². The van der Waals surface area contributed by atoms with Gasteiger partial charge in [0.05, 0.1) is 0 Å². The molecule has 1 heterocycles. The summed E-state index contributed by atoms with van der Waals surface area (Å²) < 4.78 is 12.3. The number of hydrogen-bond acceptors (Lipinski definition) is 1. The van der Waals surface area contributed by atoms with E-state index >= 15 is 0 Å². The van der Waals surface area contributed by atoms with Gasteiger partial charge in [-0.25, -0.2) is 4.39 Å². The van der Waals surface area contributed by atoms with E-state index in [-0.39, 0.29) is 5.92 Å². The lowest BCUT2D eigenvalue weighted by Gasteiger charge is -1.99. The van der Waals surface area contributed by atoms with Crippen LogP contribution in [0.15, 0.2) is 0 Å². The average molecular weight is 103 g/mol. The molecular weight excluding hydrogens is 93.1 g/mol. The third-order valence-electron chi connectivity index (χ3n) is 1.42. The Morgan fingerprint density at radius 3 is 2.43 bits per heavy atom. The van der Waals surface area contributed by atoms with E-state index in [2.05, 4.69) is 5.32 Å². The minimum atomic E-state index is -0.597. The van der Waals surface area contributed by atoms with Gasteiger partial charge in [-0.3, -0.25) is 0 Å². The summed E-state index contributed by atoms with van der Waals surface area (Å²) in [6.45, 7) is 3.33. The van der Waals surface area contributed by atoms with Gasteiger partial charge in [0, 0.05) is 19.0 Å². The quantitative estimate of drug-likeness (QED) is 0.472. The zero-order chi connectivity index (χ0) is 5.28. The number of halogens is 1. The van der Waals surface area contributed by atoms with Gasteiger partial charge in [-0.2, -0.15) is 0 Å². The van der Waals surface area contributed by atoms with E-state index in [4.69, 9.17) is 0 Å². The van der Waals surface area contributed by atoms with Crippen molar-refractivity contribution in [1.82, 2.24) is 5.32 Å². The van der Waals surface area contributed by atoms with Crippen LogP contribution in [0.25, 0.3) is 0 Å². The van der Waals surface area contributed by atoms with Crippen LogP contribution in [0.3, 0.4) is 0 Å². The van der Waals surface area contributed by atoms with E-state index in [0.717, 1.165) is 6.54 Å². The Morgan fingerprint density at radius 2 is 2.29 bits per heavy atom. The first-order valence-corrected chi connectivity index (χ1v) is 2.65. The van der Waals surface area contributed by atoms with Crippen LogP contribution in [0.2, 0.25) is 0 Å². The Bertz CT molecular complexity index is 57.1. The van der Waals surface area contributed by atoms with Crippen molar-refractivity contribution in [3.8, 4) is 0 Å². The maximum atomic E-state index is 12.3. The Balaban J connectivity index is 2.33. The summed E-state index contributed by atoms with van der Waals surface area (Å²) in [7, 11) is 0. The molecule has 2 heteroatoms. The topological polar surface area (TPSA) is 12.0 Å². The van der Waals surface area contributed by atoms with Gasteiger partial charge >= 0.3 is 0 Å². The first-order chi connectivity index (χ1) is 3.30. The van der Waals surface area contributed by atoms with Crippen LogP contribution in [0.5, 0.6) is 0 Å². The molecule has 0 aromatic rings. The Kier molecular flexibility index (Phi) is 1.28. The van der Waals surface area contributed by atoms with Crippen molar-refractivity contribution in [3.63, 3.8) is 0 Å². The van der Waals surface area contributed by atoms with Gasteiger partial charge < -0.3 is 5.32 Å². The molecule has 0 amide bonds. The zero-order valence-corrected chi connectivity index (χ0v) is 4.45. The molecule has 0 saturated carbocycles. The molecule has 0 aliphatic carbocycles. The van der Waals surface area contributed by atoms with E-state index in [0.29, 0.717) is 6.54 Å². The third-order valence-corrected chi connectivity index (χ3v) is 1.42. The van der Waals surface area contributed by atoms with Crippen LogP contribution in [0, 0.1) is 5.92 Å². The predicted molar refractivity (Wildman–Crippen MR) is 26.9 cm³/mol. The van der Waals surface area contributed by atoms with Crippen molar-refractivity contribution < 1.29 is 4.39 Å². The highest BCUT2D eigenvalue weighted by Crippen LogP contribution is 2.09. The molecule has 0 aromatic heterocycles. The van der Waals surface area contributed by atoms with Crippen molar-refractivity contribution in [3.05, 3.63) is 0 Å². The fraction of sp³-hybridized carbons (Fsp3) is 1.00. The largest absolute Gasteiger partial charge is 0.313 e. The van der Waals surface area contributed by atoms with Crippen molar-refractivity contribution in [1.29, 1.82) is 0 Å². The second-order valence-corrected chi connectivity index (χ2v) is 2.15. The van der Waals surface area contributed by atoms with Crippen LogP contribution in [-0.4, -0.2) is 19.3 Å². The summed E-state index contributed by atoms with van der Waals surface area (Å²) in [6.07, 6.45) is -0.597. The molecule has 1 nitrogen and oxygen atoms in total. The second kappa shape index (κ2) is 1.78. The molecule has 1 unspecified atom stereocenters. The van der Waals surface area contributed by atoms with Crippen LogP contribution in [0.1, 0.15) is 6.92 Å². The van der Waals surface area contributed by atoms with Gasteiger partial charge in [0.2, 0.25) is 0 Å². The number of nitrogens with one attached hydrogen (secondary N) is 1. The Hall–Kier alpha value is -0.110. The monoisotopic (exact) mass is 103 g/mol. The normalized spacial score (nSPS) is 42.0. The molecule has 1 saturated heterocycles. The first-order valence-electron chi connectivity index (χ1n) is 2.65. The molecule has 1 fully saturated rings. The van der Waals surface area contributed by atoms with Crippen molar-refractivity contribution in [2.75, 3.05) is 13.1 Å². The third kappa shape index (κ3) is 0.911. The highest BCUT2D eigenvalue weighted by Gasteiger charge is 2.21. The second-order valence-electron chi connectivity index (χ2n) is 2.15. The van der Waals surface area contributed by atoms with E-state index in [9.17, 15) is 4.39 Å². The average Bonchev–Trinajstić information content (AvgIpc) is 1.91. The smallest absolute Gasteiger partial charge is 0.116 e. The van der Waals surface area contributed by atoms with Gasteiger partial charge in [-0.05, 0) is 0 Å². The summed E-state index contributed by atoms with van der Waals surface area (Å²) in [6, 6.07) is 0. The first kappa shape index (κ1) is 5.04. The van der Waals surface area contributed by atoms with Crippen molar-refractivity contribution in [2.24, 2.45) is 5.92 Å². The molecule has 7 heavy (non-hydrogen) atoms. The number of rotatable bonds is 0. The molecule has 42 valence electrons. The lowest BCUT2D eigenvalue weighted by atomic mass is 10.1.